The first-order valence-electron chi connectivity index (χ1n) is 10.9. The van der Waals surface area contributed by atoms with Crippen LogP contribution < -0.4 is 5.48 Å². The van der Waals surface area contributed by atoms with Crippen molar-refractivity contribution >= 4 is 34.8 Å². The quantitative estimate of drug-likeness (QED) is 0.442. The van der Waals surface area contributed by atoms with E-state index < -0.39 is 44.7 Å². The molecule has 1 amide bonds. The predicted molar refractivity (Wildman–Crippen MR) is 123 cm³/mol. The Balaban J connectivity index is 1.67. The molecule has 0 bridgehead atoms. The summed E-state index contributed by atoms with van der Waals surface area (Å²) in [6.07, 6.45) is -9.63. The molecule has 1 saturated heterocycles. The summed E-state index contributed by atoms with van der Waals surface area (Å²) >= 11 is 11.4. The van der Waals surface area contributed by atoms with Crippen molar-refractivity contribution in [2.45, 2.75) is 37.4 Å². The van der Waals surface area contributed by atoms with Gasteiger partial charge in [-0.1, -0.05) is 61.3 Å². The number of aliphatic hydroxyl groups is 1. The van der Waals surface area contributed by atoms with Crippen LogP contribution in [0, 0.1) is 5.92 Å². The molecule has 0 radical (unpaired) electrons. The second-order valence-corrected chi connectivity index (χ2v) is 10.1. The lowest BCUT2D eigenvalue weighted by molar-refractivity contribution is -0.269. The van der Waals surface area contributed by atoms with E-state index in [9.17, 15) is 36.2 Å². The Hall–Kier alpha value is -2.47. The Kier molecular flexibility index (Phi) is 6.76. The van der Waals surface area contributed by atoms with E-state index in [4.69, 9.17) is 28.0 Å². The van der Waals surface area contributed by atoms with Gasteiger partial charge in [-0.05, 0) is 29.3 Å². The van der Waals surface area contributed by atoms with E-state index in [-0.39, 0.29) is 42.2 Å². The Morgan fingerprint density at radius 2 is 1.65 bits per heavy atom. The lowest BCUT2D eigenvalue weighted by Gasteiger charge is -2.47. The third-order valence-electron chi connectivity index (χ3n) is 6.30. The second-order valence-electron chi connectivity index (χ2n) is 9.27. The van der Waals surface area contributed by atoms with E-state index in [1.807, 2.05) is 0 Å². The average Bonchev–Trinajstić information content (AvgIpc) is 3.24. The number of hydrogen-bond acceptors (Lipinski definition) is 4. The van der Waals surface area contributed by atoms with Crippen LogP contribution in [0.4, 0.5) is 26.3 Å². The minimum Gasteiger partial charge on any atom is -0.381 e. The highest BCUT2D eigenvalue weighted by Gasteiger charge is 2.60. The number of halogens is 8. The van der Waals surface area contributed by atoms with Crippen molar-refractivity contribution < 1.29 is 41.1 Å². The fraction of sp³-hybridized carbons (Fsp3) is 0.375. The average molecular weight is 569 g/mol. The van der Waals surface area contributed by atoms with Gasteiger partial charge in [0.15, 0.2) is 0 Å². The minimum absolute atomic E-state index is 0.0729. The summed E-state index contributed by atoms with van der Waals surface area (Å²) in [6, 6.07) is 6.75. The lowest BCUT2D eigenvalue weighted by Crippen LogP contribution is -2.62. The number of hydroxylamine groups is 1. The van der Waals surface area contributed by atoms with Crippen LogP contribution in [0.2, 0.25) is 10.0 Å². The highest BCUT2D eigenvalue weighted by Crippen LogP contribution is 2.50. The van der Waals surface area contributed by atoms with Gasteiger partial charge in [-0.3, -0.25) is 15.1 Å². The van der Waals surface area contributed by atoms with Crippen molar-refractivity contribution in [3.63, 3.8) is 0 Å². The van der Waals surface area contributed by atoms with Crippen molar-refractivity contribution in [1.29, 1.82) is 0 Å². The monoisotopic (exact) mass is 568 g/mol. The van der Waals surface area contributed by atoms with Gasteiger partial charge in [-0.2, -0.15) is 26.3 Å². The Morgan fingerprint density at radius 3 is 2.16 bits per heavy atom. The summed E-state index contributed by atoms with van der Waals surface area (Å²) in [6.45, 7) is 3.62. The number of amides is 1. The molecule has 2 N–H and O–H groups in total. The van der Waals surface area contributed by atoms with E-state index in [1.54, 1.807) is 13.8 Å². The minimum atomic E-state index is -5.19. The van der Waals surface area contributed by atoms with Gasteiger partial charge in [0, 0.05) is 11.5 Å². The molecule has 37 heavy (non-hydrogen) atoms. The topological polar surface area (TPSA) is 61.8 Å². The zero-order chi connectivity index (χ0) is 27.6. The van der Waals surface area contributed by atoms with Gasteiger partial charge in [0.2, 0.25) is 11.5 Å². The maximum absolute atomic E-state index is 14.3. The first-order chi connectivity index (χ1) is 17.0. The van der Waals surface area contributed by atoms with Crippen LogP contribution in [0.5, 0.6) is 0 Å². The third kappa shape index (κ3) is 4.78. The molecule has 13 heteroatoms. The summed E-state index contributed by atoms with van der Waals surface area (Å²) in [4.78, 5) is 18.4. The summed E-state index contributed by atoms with van der Waals surface area (Å²) in [5.41, 5.74) is -4.40. The number of nitrogens with one attached hydrogen (secondary N) is 1. The zero-order valence-corrected chi connectivity index (χ0v) is 20.8. The molecule has 2 aromatic carbocycles. The number of benzene rings is 2. The van der Waals surface area contributed by atoms with E-state index >= 15 is 0 Å². The molecular weight excluding hydrogens is 549 g/mol. The third-order valence-corrected chi connectivity index (χ3v) is 7.10. The molecule has 2 aliphatic heterocycles. The molecule has 0 spiro atoms. The second kappa shape index (κ2) is 9.07. The zero-order valence-electron chi connectivity index (χ0n) is 19.3. The molecule has 2 aliphatic rings. The molecule has 0 saturated carbocycles. The van der Waals surface area contributed by atoms with Crippen molar-refractivity contribution in [2.75, 3.05) is 13.1 Å². The van der Waals surface area contributed by atoms with E-state index in [0.717, 1.165) is 0 Å². The first-order valence-corrected chi connectivity index (χ1v) is 11.7. The largest absolute Gasteiger partial charge is 0.428 e. The maximum Gasteiger partial charge on any atom is 0.428 e. The number of β-amino-alcohol motifs (C(OH)–C–C–N with tert-alkyl or cyclic N) is 1. The Labute approximate surface area is 217 Å². The molecule has 1 fully saturated rings. The standard InChI is InChI=1S/C24H20Cl2F6N2O3/c1-12(2)20(35)34-10-21(36,11-34)14-5-3-13(4-6-14)18-9-22(37-33-18,24(30,31)32)15-7-16(23(27,28)29)19(26)17(25)8-15/h3-9,12,33,36H,10-11H2,1-2H3. The molecule has 0 aliphatic carbocycles. The lowest BCUT2D eigenvalue weighted by atomic mass is 9.84. The van der Waals surface area contributed by atoms with E-state index in [2.05, 4.69) is 5.48 Å². The summed E-state index contributed by atoms with van der Waals surface area (Å²) in [5.74, 6) is -0.345. The Morgan fingerprint density at radius 1 is 1.05 bits per heavy atom. The number of carbonyl (C=O) groups excluding carboxylic acids is 1. The van der Waals surface area contributed by atoms with Gasteiger partial charge in [0.25, 0.3) is 0 Å². The van der Waals surface area contributed by atoms with Gasteiger partial charge >= 0.3 is 12.4 Å². The molecule has 0 aromatic heterocycles. The predicted octanol–water partition coefficient (Wildman–Crippen LogP) is 6.03. The van der Waals surface area contributed by atoms with Gasteiger partial charge in [0.05, 0.1) is 34.4 Å². The molecule has 2 heterocycles. The number of hydrogen-bond donors (Lipinski definition) is 2. The van der Waals surface area contributed by atoms with Gasteiger partial charge in [-0.25, -0.2) is 0 Å². The fourth-order valence-electron chi connectivity index (χ4n) is 4.24. The van der Waals surface area contributed by atoms with Crippen molar-refractivity contribution in [2.24, 2.45) is 5.92 Å². The van der Waals surface area contributed by atoms with Crippen LogP contribution in [-0.2, 0) is 27.0 Å². The molecule has 5 nitrogen and oxygen atoms in total. The molecule has 200 valence electrons. The summed E-state index contributed by atoms with van der Waals surface area (Å²) in [7, 11) is 0. The van der Waals surface area contributed by atoms with Crippen LogP contribution in [0.3, 0.4) is 0 Å². The summed E-state index contributed by atoms with van der Waals surface area (Å²) in [5, 5.41) is 9.16. The fourth-order valence-corrected chi connectivity index (χ4v) is 4.68. The van der Waals surface area contributed by atoms with Crippen molar-refractivity contribution in [1.82, 2.24) is 10.4 Å². The molecule has 1 atom stereocenters. The van der Waals surface area contributed by atoms with Crippen LogP contribution in [0.25, 0.3) is 5.70 Å². The van der Waals surface area contributed by atoms with Crippen LogP contribution in [-0.4, -0.2) is 35.2 Å². The maximum atomic E-state index is 14.3. The van der Waals surface area contributed by atoms with Gasteiger partial charge < -0.3 is 10.0 Å². The highest BCUT2D eigenvalue weighted by molar-refractivity contribution is 6.42. The first kappa shape index (κ1) is 27.6. The van der Waals surface area contributed by atoms with E-state index in [1.165, 1.54) is 29.2 Å². The number of nitrogens with zero attached hydrogens (tertiary/aromatic N) is 1. The molecular formula is C24H20Cl2F6N2O3. The van der Waals surface area contributed by atoms with Gasteiger partial charge in [-0.15, -0.1) is 0 Å². The normalized spacial score (nSPS) is 21.5. The molecule has 2 aromatic rings. The molecule has 4 rings (SSSR count). The van der Waals surface area contributed by atoms with Crippen LogP contribution in [0.1, 0.15) is 36.1 Å². The Bertz CT molecular complexity index is 1250. The van der Waals surface area contributed by atoms with Crippen molar-refractivity contribution in [3.05, 3.63) is 74.8 Å². The molecule has 1 unspecified atom stereocenters. The summed E-state index contributed by atoms with van der Waals surface area (Å²) < 4.78 is 82.9. The van der Waals surface area contributed by atoms with Gasteiger partial charge in [0.1, 0.15) is 5.60 Å². The van der Waals surface area contributed by atoms with Crippen LogP contribution >= 0.6 is 23.2 Å². The SMILES string of the molecule is CC(C)C(=O)N1CC(O)(c2ccc(C3=CC(c4cc(Cl)c(Cl)c(C(F)(F)F)c4)(C(F)(F)F)ON3)cc2)C1. The highest BCUT2D eigenvalue weighted by atomic mass is 35.5. The van der Waals surface area contributed by atoms with Crippen LogP contribution in [0.15, 0.2) is 42.5 Å². The number of alkyl halides is 6. The smallest absolute Gasteiger partial charge is 0.381 e. The number of likely N-dealkylation sites (tertiary alicyclic amines) is 1. The number of rotatable bonds is 4. The van der Waals surface area contributed by atoms with Crippen molar-refractivity contribution in [3.8, 4) is 0 Å². The number of carbonyl (C=O) groups is 1. The van der Waals surface area contributed by atoms with E-state index in [0.29, 0.717) is 17.7 Å².